The predicted molar refractivity (Wildman–Crippen MR) is 62.7 cm³/mol. The molecule has 1 fully saturated rings. The zero-order valence-electron chi connectivity index (χ0n) is 11.4. The van der Waals surface area contributed by atoms with Gasteiger partial charge in [-0.15, -0.1) is 0 Å². The molecule has 19 heavy (non-hydrogen) atoms. The summed E-state index contributed by atoms with van der Waals surface area (Å²) in [6, 6.07) is -0.0527. The molecular formula is C12H20F3NO3. The van der Waals surface area contributed by atoms with E-state index >= 15 is 0 Å². The first-order valence-electron chi connectivity index (χ1n) is 6.26. The topological polar surface area (TPSA) is 38.8 Å². The molecule has 0 aromatic carbocycles. The first-order valence-corrected chi connectivity index (χ1v) is 6.26. The fourth-order valence-electron chi connectivity index (χ4n) is 2.19. The van der Waals surface area contributed by atoms with Crippen LogP contribution in [0.1, 0.15) is 26.7 Å². The van der Waals surface area contributed by atoms with Crippen LogP contribution in [0.4, 0.5) is 13.2 Å². The number of piperidine rings is 1. The molecule has 0 saturated carbocycles. The number of rotatable bonds is 4. The Morgan fingerprint density at radius 2 is 2.11 bits per heavy atom. The largest absolute Gasteiger partial charge is 0.411 e. The zero-order chi connectivity index (χ0) is 14.6. The molecule has 1 aliphatic heterocycles. The number of methoxy groups -OCH3 is 1. The number of alkyl halides is 3. The summed E-state index contributed by atoms with van der Waals surface area (Å²) in [7, 11) is 1.62. The monoisotopic (exact) mass is 283 g/mol. The van der Waals surface area contributed by atoms with Gasteiger partial charge in [-0.3, -0.25) is 4.79 Å². The summed E-state index contributed by atoms with van der Waals surface area (Å²) >= 11 is 0. The molecule has 7 heteroatoms. The van der Waals surface area contributed by atoms with Crippen LogP contribution in [0.25, 0.3) is 0 Å². The molecule has 112 valence electrons. The molecule has 0 bridgehead atoms. The summed E-state index contributed by atoms with van der Waals surface area (Å²) in [5.74, 6) is -0.397. The van der Waals surface area contributed by atoms with Gasteiger partial charge in [0.1, 0.15) is 12.7 Å². The quantitative estimate of drug-likeness (QED) is 0.792. The molecule has 0 aromatic heterocycles. The second-order valence-electron chi connectivity index (χ2n) is 4.83. The van der Waals surface area contributed by atoms with E-state index in [0.717, 1.165) is 0 Å². The second-order valence-corrected chi connectivity index (χ2v) is 4.83. The normalized spacial score (nSPS) is 26.3. The van der Waals surface area contributed by atoms with E-state index in [9.17, 15) is 18.0 Å². The molecule has 0 aromatic rings. The summed E-state index contributed by atoms with van der Waals surface area (Å²) < 4.78 is 45.9. The number of hydrogen-bond acceptors (Lipinski definition) is 3. The minimum Gasteiger partial charge on any atom is -0.381 e. The smallest absolute Gasteiger partial charge is 0.381 e. The number of nitrogens with zero attached hydrogens (tertiary/aromatic N) is 1. The third kappa shape index (κ3) is 4.99. The van der Waals surface area contributed by atoms with E-state index in [-0.39, 0.29) is 12.1 Å². The van der Waals surface area contributed by atoms with Crippen molar-refractivity contribution in [2.24, 2.45) is 0 Å². The van der Waals surface area contributed by atoms with Crippen LogP contribution in [0.5, 0.6) is 0 Å². The van der Waals surface area contributed by atoms with Crippen molar-refractivity contribution < 1.29 is 27.4 Å². The van der Waals surface area contributed by atoms with Crippen LogP contribution in [0, 0.1) is 0 Å². The lowest BCUT2D eigenvalue weighted by atomic mass is 10.00. The van der Waals surface area contributed by atoms with E-state index in [4.69, 9.17) is 4.74 Å². The Morgan fingerprint density at radius 3 is 2.58 bits per heavy atom. The van der Waals surface area contributed by atoms with Crippen molar-refractivity contribution >= 4 is 5.91 Å². The molecule has 4 nitrogen and oxygen atoms in total. The number of carbonyl (C=O) groups is 1. The summed E-state index contributed by atoms with van der Waals surface area (Å²) in [4.78, 5) is 13.6. The van der Waals surface area contributed by atoms with Gasteiger partial charge in [0.15, 0.2) is 0 Å². The number of likely N-dealkylation sites (tertiary alicyclic amines) is 1. The van der Waals surface area contributed by atoms with Crippen molar-refractivity contribution in [2.75, 3.05) is 20.3 Å². The van der Waals surface area contributed by atoms with Gasteiger partial charge in [0.05, 0.1) is 6.10 Å². The maximum Gasteiger partial charge on any atom is 0.411 e. The highest BCUT2D eigenvalue weighted by molar-refractivity contribution is 5.81. The summed E-state index contributed by atoms with van der Waals surface area (Å²) in [5.41, 5.74) is 0. The highest BCUT2D eigenvalue weighted by atomic mass is 19.4. The van der Waals surface area contributed by atoms with Gasteiger partial charge in [0.2, 0.25) is 0 Å². The van der Waals surface area contributed by atoms with Crippen LogP contribution in [0.3, 0.4) is 0 Å². The molecule has 0 N–H and O–H groups in total. The van der Waals surface area contributed by atoms with Gasteiger partial charge < -0.3 is 14.4 Å². The average Bonchev–Trinajstić information content (AvgIpc) is 2.34. The van der Waals surface area contributed by atoms with Gasteiger partial charge in [-0.1, -0.05) is 0 Å². The van der Waals surface area contributed by atoms with Crippen molar-refractivity contribution in [3.8, 4) is 0 Å². The van der Waals surface area contributed by atoms with Gasteiger partial charge in [0, 0.05) is 19.7 Å². The Labute approximate surface area is 110 Å². The Morgan fingerprint density at radius 1 is 1.47 bits per heavy atom. The van der Waals surface area contributed by atoms with Crippen molar-refractivity contribution in [3.63, 3.8) is 0 Å². The Hall–Kier alpha value is -0.820. The Kier molecular flexibility index (Phi) is 5.61. The van der Waals surface area contributed by atoms with Crippen LogP contribution in [-0.2, 0) is 14.3 Å². The van der Waals surface area contributed by atoms with E-state index < -0.39 is 24.8 Å². The maximum absolute atomic E-state index is 12.0. The fourth-order valence-corrected chi connectivity index (χ4v) is 2.19. The molecule has 1 saturated heterocycles. The predicted octanol–water partition coefficient (Wildman–Crippen LogP) is 1.98. The number of amides is 1. The highest BCUT2D eigenvalue weighted by Gasteiger charge is 2.34. The first-order chi connectivity index (χ1) is 8.74. The molecule has 1 rings (SSSR count). The SMILES string of the molecule is CO[C@@H]1CCN(C(=O)[C@H](C)OCC(F)(F)F)[C@@H](C)C1. The first kappa shape index (κ1) is 16.2. The van der Waals surface area contributed by atoms with Gasteiger partial charge in [-0.25, -0.2) is 0 Å². The molecule has 1 heterocycles. The molecule has 1 amide bonds. The van der Waals surface area contributed by atoms with Gasteiger partial charge in [-0.05, 0) is 26.7 Å². The van der Waals surface area contributed by atoms with E-state index in [1.807, 2.05) is 6.92 Å². The molecule has 0 aliphatic carbocycles. The molecule has 1 aliphatic rings. The van der Waals surface area contributed by atoms with Crippen molar-refractivity contribution in [3.05, 3.63) is 0 Å². The summed E-state index contributed by atoms with van der Waals surface area (Å²) in [6.07, 6.45) is -4.01. The van der Waals surface area contributed by atoms with Crippen LogP contribution in [-0.4, -0.2) is 55.5 Å². The molecule has 0 spiro atoms. The third-order valence-electron chi connectivity index (χ3n) is 3.29. The lowest BCUT2D eigenvalue weighted by Gasteiger charge is -2.38. The average molecular weight is 283 g/mol. The van der Waals surface area contributed by atoms with E-state index in [1.54, 1.807) is 12.0 Å². The van der Waals surface area contributed by atoms with Gasteiger partial charge in [0.25, 0.3) is 5.91 Å². The fraction of sp³-hybridized carbons (Fsp3) is 0.917. The summed E-state index contributed by atoms with van der Waals surface area (Å²) in [5, 5.41) is 0. The lowest BCUT2D eigenvalue weighted by molar-refractivity contribution is -0.189. The molecule has 0 unspecified atom stereocenters. The molecular weight excluding hydrogens is 263 g/mol. The van der Waals surface area contributed by atoms with E-state index in [0.29, 0.717) is 19.4 Å². The molecule has 3 atom stereocenters. The maximum atomic E-state index is 12.0. The Bertz CT molecular complexity index is 309. The standard InChI is InChI=1S/C12H20F3NO3/c1-8-6-10(18-3)4-5-16(8)11(17)9(2)19-7-12(13,14)15/h8-10H,4-7H2,1-3H3/t8-,9-,10+/m0/s1. The third-order valence-corrected chi connectivity index (χ3v) is 3.29. The van der Waals surface area contributed by atoms with Crippen LogP contribution >= 0.6 is 0 Å². The minimum atomic E-state index is -4.41. The number of hydrogen-bond donors (Lipinski definition) is 0. The van der Waals surface area contributed by atoms with Crippen LogP contribution in [0.15, 0.2) is 0 Å². The molecule has 0 radical (unpaired) electrons. The van der Waals surface area contributed by atoms with Crippen molar-refractivity contribution in [1.82, 2.24) is 4.90 Å². The van der Waals surface area contributed by atoms with Gasteiger partial charge in [-0.2, -0.15) is 13.2 Å². The summed E-state index contributed by atoms with van der Waals surface area (Å²) in [6.45, 7) is 2.30. The number of halogens is 3. The second kappa shape index (κ2) is 6.56. The van der Waals surface area contributed by atoms with Crippen molar-refractivity contribution in [1.29, 1.82) is 0 Å². The Balaban J connectivity index is 2.48. The number of ether oxygens (including phenoxy) is 2. The highest BCUT2D eigenvalue weighted by Crippen LogP contribution is 2.21. The van der Waals surface area contributed by atoms with Crippen molar-refractivity contribution in [2.45, 2.75) is 51.1 Å². The minimum absolute atomic E-state index is 0.0527. The lowest BCUT2D eigenvalue weighted by Crippen LogP contribution is -2.50. The van der Waals surface area contributed by atoms with Crippen LogP contribution in [0.2, 0.25) is 0 Å². The number of carbonyl (C=O) groups excluding carboxylic acids is 1. The van der Waals surface area contributed by atoms with E-state index in [2.05, 4.69) is 4.74 Å². The zero-order valence-corrected chi connectivity index (χ0v) is 11.4. The van der Waals surface area contributed by atoms with Gasteiger partial charge >= 0.3 is 6.18 Å². The van der Waals surface area contributed by atoms with E-state index in [1.165, 1.54) is 6.92 Å². The van der Waals surface area contributed by atoms with Crippen LogP contribution < -0.4 is 0 Å².